The Bertz CT molecular complexity index is 356. The van der Waals surface area contributed by atoms with Crippen LogP contribution in [0.3, 0.4) is 0 Å². The molecule has 1 aromatic rings. The Kier molecular flexibility index (Phi) is 9.64. The molecular weight excluding hydrogens is 246 g/mol. The summed E-state index contributed by atoms with van der Waals surface area (Å²) in [6, 6.07) is 8.21. The van der Waals surface area contributed by atoms with E-state index in [1.165, 1.54) is 32.1 Å². The molecule has 0 N–H and O–H groups in total. The van der Waals surface area contributed by atoms with E-state index in [4.69, 9.17) is 4.74 Å². The molecule has 2 heteroatoms. The van der Waals surface area contributed by atoms with Crippen molar-refractivity contribution in [2.75, 3.05) is 13.2 Å². The second kappa shape index (κ2) is 11.5. The highest BCUT2D eigenvalue weighted by molar-refractivity contribution is 5.79. The number of nitrogens with zero attached hydrogens (tertiary/aromatic N) is 1. The van der Waals surface area contributed by atoms with Gasteiger partial charge in [-0.15, -0.1) is 0 Å². The largest absolute Gasteiger partial charge is 0.494 e. The number of rotatable bonds is 11. The normalized spacial score (nSPS) is 11.1. The van der Waals surface area contributed by atoms with Crippen LogP contribution in [0.2, 0.25) is 0 Å². The minimum absolute atomic E-state index is 0.827. The van der Waals surface area contributed by atoms with Gasteiger partial charge in [-0.05, 0) is 42.7 Å². The molecule has 0 amide bonds. The second-order valence-electron chi connectivity index (χ2n) is 5.22. The summed E-state index contributed by atoms with van der Waals surface area (Å²) in [5.74, 6) is 0.964. The molecule has 112 valence electrons. The molecule has 0 aliphatic heterocycles. The Morgan fingerprint density at radius 3 is 2.30 bits per heavy atom. The maximum Gasteiger partial charge on any atom is 0.119 e. The van der Waals surface area contributed by atoms with Crippen molar-refractivity contribution in [1.82, 2.24) is 0 Å². The number of unbranched alkanes of at least 4 members (excludes halogenated alkanes) is 5. The van der Waals surface area contributed by atoms with Crippen molar-refractivity contribution in [2.45, 2.75) is 58.8 Å². The molecule has 0 saturated heterocycles. The number of ether oxygens (including phenoxy) is 1. The standard InChI is InChI=1S/C18H29NO/c1-3-5-7-8-9-15-20-18-12-10-17(11-13-18)16-19-14-6-4-2/h10-13,16H,3-9,14-15H2,1-2H3. The van der Waals surface area contributed by atoms with Gasteiger partial charge in [0.15, 0.2) is 0 Å². The number of aliphatic imine (C=N–C) groups is 1. The molecule has 0 aliphatic carbocycles. The first-order valence-electron chi connectivity index (χ1n) is 8.09. The van der Waals surface area contributed by atoms with Crippen molar-refractivity contribution in [3.63, 3.8) is 0 Å². The maximum absolute atomic E-state index is 5.74. The van der Waals surface area contributed by atoms with Crippen LogP contribution in [0.5, 0.6) is 5.75 Å². The van der Waals surface area contributed by atoms with Crippen molar-refractivity contribution in [2.24, 2.45) is 4.99 Å². The third-order valence-electron chi connectivity index (χ3n) is 3.28. The molecule has 2 nitrogen and oxygen atoms in total. The van der Waals surface area contributed by atoms with Gasteiger partial charge in [0, 0.05) is 12.8 Å². The molecular formula is C18H29NO. The minimum atomic E-state index is 0.827. The lowest BCUT2D eigenvalue weighted by Gasteiger charge is -2.06. The van der Waals surface area contributed by atoms with E-state index in [9.17, 15) is 0 Å². The van der Waals surface area contributed by atoms with Gasteiger partial charge in [0.25, 0.3) is 0 Å². The highest BCUT2D eigenvalue weighted by Crippen LogP contribution is 2.12. The molecule has 0 atom stereocenters. The number of benzene rings is 1. The Balaban J connectivity index is 2.19. The molecule has 0 fully saturated rings. The van der Waals surface area contributed by atoms with Gasteiger partial charge in [0.1, 0.15) is 5.75 Å². The molecule has 20 heavy (non-hydrogen) atoms. The van der Waals surface area contributed by atoms with Crippen LogP contribution in [0.1, 0.15) is 64.4 Å². The molecule has 1 rings (SSSR count). The molecule has 0 bridgehead atoms. The molecule has 0 aliphatic rings. The average molecular weight is 275 g/mol. The maximum atomic E-state index is 5.74. The summed E-state index contributed by atoms with van der Waals surface area (Å²) >= 11 is 0. The smallest absolute Gasteiger partial charge is 0.119 e. The van der Waals surface area contributed by atoms with Gasteiger partial charge < -0.3 is 4.74 Å². The van der Waals surface area contributed by atoms with E-state index in [2.05, 4.69) is 31.0 Å². The van der Waals surface area contributed by atoms with Crippen LogP contribution in [-0.2, 0) is 0 Å². The molecule has 0 spiro atoms. The van der Waals surface area contributed by atoms with Crippen molar-refractivity contribution >= 4 is 6.21 Å². The fraction of sp³-hybridized carbons (Fsp3) is 0.611. The number of hydrogen-bond donors (Lipinski definition) is 0. The molecule has 0 unspecified atom stereocenters. The molecule has 1 aromatic carbocycles. The van der Waals surface area contributed by atoms with Crippen LogP contribution in [0, 0.1) is 0 Å². The van der Waals surface area contributed by atoms with Gasteiger partial charge in [-0.3, -0.25) is 4.99 Å². The zero-order valence-electron chi connectivity index (χ0n) is 13.1. The van der Waals surface area contributed by atoms with E-state index >= 15 is 0 Å². The fourth-order valence-electron chi connectivity index (χ4n) is 1.97. The highest BCUT2D eigenvalue weighted by Gasteiger charge is 1.94. The fourth-order valence-corrected chi connectivity index (χ4v) is 1.97. The van der Waals surface area contributed by atoms with E-state index in [0.29, 0.717) is 0 Å². The predicted octanol–water partition coefficient (Wildman–Crippen LogP) is 5.25. The van der Waals surface area contributed by atoms with Crippen LogP contribution < -0.4 is 4.74 Å². The zero-order chi connectivity index (χ0) is 14.5. The van der Waals surface area contributed by atoms with E-state index in [1.807, 2.05) is 18.3 Å². The van der Waals surface area contributed by atoms with E-state index in [-0.39, 0.29) is 0 Å². The summed E-state index contributed by atoms with van der Waals surface area (Å²) in [6.07, 6.45) is 10.7. The minimum Gasteiger partial charge on any atom is -0.494 e. The summed E-state index contributed by atoms with van der Waals surface area (Å²) in [4.78, 5) is 4.40. The highest BCUT2D eigenvalue weighted by atomic mass is 16.5. The monoisotopic (exact) mass is 275 g/mol. The molecule has 0 radical (unpaired) electrons. The summed E-state index contributed by atoms with van der Waals surface area (Å²) < 4.78 is 5.74. The van der Waals surface area contributed by atoms with Gasteiger partial charge in [-0.25, -0.2) is 0 Å². The Morgan fingerprint density at radius 1 is 0.900 bits per heavy atom. The predicted molar refractivity (Wildman–Crippen MR) is 88.1 cm³/mol. The van der Waals surface area contributed by atoms with Gasteiger partial charge in [0.2, 0.25) is 0 Å². The van der Waals surface area contributed by atoms with Gasteiger partial charge in [-0.2, -0.15) is 0 Å². The van der Waals surface area contributed by atoms with Crippen LogP contribution in [0.15, 0.2) is 29.3 Å². The van der Waals surface area contributed by atoms with Crippen LogP contribution in [-0.4, -0.2) is 19.4 Å². The van der Waals surface area contributed by atoms with Crippen LogP contribution in [0.25, 0.3) is 0 Å². The number of hydrogen-bond acceptors (Lipinski definition) is 2. The van der Waals surface area contributed by atoms with Gasteiger partial charge in [0.05, 0.1) is 6.61 Å². The van der Waals surface area contributed by atoms with Crippen molar-refractivity contribution in [1.29, 1.82) is 0 Å². The van der Waals surface area contributed by atoms with E-state index < -0.39 is 0 Å². The summed E-state index contributed by atoms with van der Waals surface area (Å²) in [5.41, 5.74) is 1.15. The summed E-state index contributed by atoms with van der Waals surface area (Å²) in [7, 11) is 0. The lowest BCUT2D eigenvalue weighted by atomic mass is 10.2. The summed E-state index contributed by atoms with van der Waals surface area (Å²) in [5, 5.41) is 0. The second-order valence-corrected chi connectivity index (χ2v) is 5.22. The third kappa shape index (κ3) is 7.98. The topological polar surface area (TPSA) is 21.6 Å². The average Bonchev–Trinajstić information content (AvgIpc) is 2.49. The zero-order valence-corrected chi connectivity index (χ0v) is 13.1. The SMILES string of the molecule is CCCCCCCOc1ccc(C=NCCCC)cc1. The van der Waals surface area contributed by atoms with Crippen molar-refractivity contribution in [3.05, 3.63) is 29.8 Å². The van der Waals surface area contributed by atoms with Crippen LogP contribution >= 0.6 is 0 Å². The molecule has 0 heterocycles. The first-order valence-corrected chi connectivity index (χ1v) is 8.09. The Labute approximate surface area is 124 Å². The first-order chi connectivity index (χ1) is 9.86. The Morgan fingerprint density at radius 2 is 1.60 bits per heavy atom. The van der Waals surface area contributed by atoms with E-state index in [0.717, 1.165) is 37.3 Å². The molecule has 0 aromatic heterocycles. The lowest BCUT2D eigenvalue weighted by Crippen LogP contribution is -1.97. The quantitative estimate of drug-likeness (QED) is 0.399. The lowest BCUT2D eigenvalue weighted by molar-refractivity contribution is 0.304. The van der Waals surface area contributed by atoms with E-state index in [1.54, 1.807) is 0 Å². The van der Waals surface area contributed by atoms with Crippen molar-refractivity contribution < 1.29 is 4.74 Å². The van der Waals surface area contributed by atoms with Crippen molar-refractivity contribution in [3.8, 4) is 5.75 Å². The van der Waals surface area contributed by atoms with Gasteiger partial charge in [-0.1, -0.05) is 46.0 Å². The third-order valence-corrected chi connectivity index (χ3v) is 3.28. The van der Waals surface area contributed by atoms with Gasteiger partial charge >= 0.3 is 0 Å². The molecule has 0 saturated carbocycles. The Hall–Kier alpha value is -1.31. The summed E-state index contributed by atoms with van der Waals surface area (Å²) in [6.45, 7) is 6.17. The first kappa shape index (κ1) is 16.7. The van der Waals surface area contributed by atoms with Crippen LogP contribution in [0.4, 0.5) is 0 Å².